The van der Waals surface area contributed by atoms with E-state index >= 15 is 0 Å². The van der Waals surface area contributed by atoms with E-state index in [0.29, 0.717) is 17.7 Å². The van der Waals surface area contributed by atoms with Crippen LogP contribution in [0.4, 0.5) is 0 Å². The number of hydrogen-bond acceptors (Lipinski definition) is 3. The lowest BCUT2D eigenvalue weighted by Gasteiger charge is -2.03. The van der Waals surface area contributed by atoms with Crippen molar-refractivity contribution in [3.05, 3.63) is 29.3 Å². The van der Waals surface area contributed by atoms with Gasteiger partial charge in [0.25, 0.3) is 10.0 Å². The molecule has 0 saturated heterocycles. The van der Waals surface area contributed by atoms with Gasteiger partial charge in [0, 0.05) is 0 Å². The quantitative estimate of drug-likeness (QED) is 0.727. The molecule has 0 spiro atoms. The Kier molecular flexibility index (Phi) is 2.26. The third-order valence-electron chi connectivity index (χ3n) is 2.18. The fourth-order valence-electron chi connectivity index (χ4n) is 1.61. The van der Waals surface area contributed by atoms with Crippen LogP contribution in [0.5, 0.6) is 0 Å². The van der Waals surface area contributed by atoms with Crippen LogP contribution in [0, 0.1) is 6.92 Å². The highest BCUT2D eigenvalue weighted by atomic mass is 32.2. The summed E-state index contributed by atoms with van der Waals surface area (Å²) >= 11 is 0. The van der Waals surface area contributed by atoms with Crippen LogP contribution in [0.3, 0.4) is 0 Å². The van der Waals surface area contributed by atoms with E-state index in [0.717, 1.165) is 0 Å². The van der Waals surface area contributed by atoms with E-state index in [9.17, 15) is 8.42 Å². The van der Waals surface area contributed by atoms with Gasteiger partial charge in [0.2, 0.25) is 5.90 Å². The van der Waals surface area contributed by atoms with Crippen molar-refractivity contribution in [2.24, 2.45) is 4.40 Å². The van der Waals surface area contributed by atoms with Crippen LogP contribution in [0.2, 0.25) is 0 Å². The van der Waals surface area contributed by atoms with Gasteiger partial charge >= 0.3 is 0 Å². The second-order valence-electron chi connectivity index (χ2n) is 3.26. The second-order valence-corrected chi connectivity index (χ2v) is 4.80. The number of hydrogen-bond donors (Lipinski definition) is 0. The molecule has 0 saturated carbocycles. The zero-order valence-corrected chi connectivity index (χ0v) is 9.34. The fraction of sp³-hybridized carbons (Fsp3) is 0.300. The molecular weight excluding hydrogens is 214 g/mol. The molecule has 1 aromatic carbocycles. The van der Waals surface area contributed by atoms with Gasteiger partial charge in [-0.3, -0.25) is 0 Å². The van der Waals surface area contributed by atoms with E-state index in [2.05, 4.69) is 4.40 Å². The zero-order chi connectivity index (χ0) is 11.1. The SMILES string of the molecule is CCOC1=NS(=O)(=O)c2c(C)cccc21. The third-order valence-corrected chi connectivity index (χ3v) is 3.65. The van der Waals surface area contributed by atoms with Gasteiger partial charge in [0.05, 0.1) is 12.2 Å². The Labute approximate surface area is 88.7 Å². The van der Waals surface area contributed by atoms with Crippen LogP contribution in [-0.4, -0.2) is 20.9 Å². The lowest BCUT2D eigenvalue weighted by molar-refractivity contribution is 0.329. The van der Waals surface area contributed by atoms with Crippen LogP contribution in [0.25, 0.3) is 0 Å². The molecule has 0 fully saturated rings. The lowest BCUT2D eigenvalue weighted by atomic mass is 10.1. The summed E-state index contributed by atoms with van der Waals surface area (Å²) in [7, 11) is -3.54. The highest BCUT2D eigenvalue weighted by molar-refractivity contribution is 7.90. The highest BCUT2D eigenvalue weighted by Crippen LogP contribution is 2.29. The van der Waals surface area contributed by atoms with Gasteiger partial charge in [-0.2, -0.15) is 8.42 Å². The second kappa shape index (κ2) is 3.34. The van der Waals surface area contributed by atoms with Gasteiger partial charge < -0.3 is 4.74 Å². The van der Waals surface area contributed by atoms with Gasteiger partial charge in [0.1, 0.15) is 4.90 Å². The average Bonchev–Trinajstić information content (AvgIpc) is 2.40. The summed E-state index contributed by atoms with van der Waals surface area (Å²) < 4.78 is 32.2. The Balaban J connectivity index is 2.68. The summed E-state index contributed by atoms with van der Waals surface area (Å²) in [5.74, 6) is 0.205. The molecule has 0 unspecified atom stereocenters. The Morgan fingerprint density at radius 3 is 2.80 bits per heavy atom. The van der Waals surface area contributed by atoms with Crippen molar-refractivity contribution in [1.29, 1.82) is 0 Å². The third kappa shape index (κ3) is 1.52. The molecule has 1 aromatic rings. The molecule has 0 atom stereocenters. The topological polar surface area (TPSA) is 55.7 Å². The van der Waals surface area contributed by atoms with Crippen LogP contribution in [0.15, 0.2) is 27.5 Å². The zero-order valence-electron chi connectivity index (χ0n) is 8.52. The van der Waals surface area contributed by atoms with Crippen LogP contribution >= 0.6 is 0 Å². The largest absolute Gasteiger partial charge is 0.477 e. The molecular formula is C10H11NO3S. The Bertz CT molecular complexity index is 532. The number of ether oxygens (including phenoxy) is 1. The van der Waals surface area contributed by atoms with Crippen molar-refractivity contribution >= 4 is 15.9 Å². The van der Waals surface area contributed by atoms with Crippen molar-refractivity contribution in [1.82, 2.24) is 0 Å². The maximum atomic E-state index is 11.7. The van der Waals surface area contributed by atoms with Gasteiger partial charge in [-0.15, -0.1) is 4.40 Å². The van der Waals surface area contributed by atoms with Crippen molar-refractivity contribution in [2.45, 2.75) is 18.7 Å². The minimum Gasteiger partial charge on any atom is -0.477 e. The Morgan fingerprint density at radius 2 is 2.13 bits per heavy atom. The van der Waals surface area contributed by atoms with Crippen molar-refractivity contribution in [2.75, 3.05) is 6.61 Å². The summed E-state index contributed by atoms with van der Waals surface area (Å²) in [6.07, 6.45) is 0. The summed E-state index contributed by atoms with van der Waals surface area (Å²) in [5, 5.41) is 0. The molecule has 1 aliphatic heterocycles. The first-order valence-electron chi connectivity index (χ1n) is 4.64. The number of sulfonamides is 1. The molecule has 15 heavy (non-hydrogen) atoms. The van der Waals surface area contributed by atoms with Gasteiger partial charge in [-0.1, -0.05) is 12.1 Å². The summed E-state index contributed by atoms with van der Waals surface area (Å²) in [6.45, 7) is 3.95. The molecule has 0 radical (unpaired) electrons. The normalized spacial score (nSPS) is 17.1. The van der Waals surface area contributed by atoms with Crippen molar-refractivity contribution in [3.63, 3.8) is 0 Å². The lowest BCUT2D eigenvalue weighted by Crippen LogP contribution is -2.04. The molecule has 4 nitrogen and oxygen atoms in total. The molecule has 5 heteroatoms. The van der Waals surface area contributed by atoms with E-state index in [4.69, 9.17) is 4.74 Å². The summed E-state index contributed by atoms with van der Waals surface area (Å²) in [5.41, 5.74) is 1.27. The van der Waals surface area contributed by atoms with Gasteiger partial charge in [-0.25, -0.2) is 0 Å². The number of aryl methyl sites for hydroxylation is 1. The van der Waals surface area contributed by atoms with E-state index in [1.165, 1.54) is 0 Å². The van der Waals surface area contributed by atoms with Crippen LogP contribution < -0.4 is 0 Å². The number of nitrogens with zero attached hydrogens (tertiary/aromatic N) is 1. The molecule has 0 amide bonds. The molecule has 0 bridgehead atoms. The first-order chi connectivity index (χ1) is 7.06. The molecule has 80 valence electrons. The minimum atomic E-state index is -3.54. The Hall–Kier alpha value is -1.36. The molecule has 1 heterocycles. The molecule has 1 aliphatic rings. The predicted octanol–water partition coefficient (Wildman–Crippen LogP) is 1.48. The van der Waals surface area contributed by atoms with E-state index in [-0.39, 0.29) is 10.8 Å². The molecule has 0 aliphatic carbocycles. The maximum absolute atomic E-state index is 11.7. The molecule has 2 rings (SSSR count). The maximum Gasteiger partial charge on any atom is 0.286 e. The number of rotatable bonds is 1. The van der Waals surface area contributed by atoms with Crippen LogP contribution in [0.1, 0.15) is 18.1 Å². The average molecular weight is 225 g/mol. The van der Waals surface area contributed by atoms with Crippen molar-refractivity contribution < 1.29 is 13.2 Å². The molecule has 0 aromatic heterocycles. The predicted molar refractivity (Wildman–Crippen MR) is 56.5 cm³/mol. The van der Waals surface area contributed by atoms with Gasteiger partial charge in [-0.05, 0) is 25.5 Å². The van der Waals surface area contributed by atoms with E-state index < -0.39 is 10.0 Å². The monoisotopic (exact) mass is 225 g/mol. The summed E-state index contributed by atoms with van der Waals surface area (Å²) in [4.78, 5) is 0.272. The number of fused-ring (bicyclic) bond motifs is 1. The first kappa shape index (κ1) is 10.2. The smallest absolute Gasteiger partial charge is 0.286 e. The first-order valence-corrected chi connectivity index (χ1v) is 6.08. The molecule has 0 N–H and O–H groups in total. The van der Waals surface area contributed by atoms with E-state index in [1.54, 1.807) is 32.0 Å². The highest BCUT2D eigenvalue weighted by Gasteiger charge is 2.31. The number of benzene rings is 1. The van der Waals surface area contributed by atoms with Crippen molar-refractivity contribution in [3.8, 4) is 0 Å². The Morgan fingerprint density at radius 1 is 1.40 bits per heavy atom. The van der Waals surface area contributed by atoms with Gasteiger partial charge in [0.15, 0.2) is 0 Å². The van der Waals surface area contributed by atoms with E-state index in [1.807, 2.05) is 0 Å². The fourth-order valence-corrected chi connectivity index (χ4v) is 2.98. The summed E-state index contributed by atoms with van der Waals surface area (Å²) in [6, 6.07) is 5.26. The van der Waals surface area contributed by atoms with Crippen LogP contribution in [-0.2, 0) is 14.8 Å². The standard InChI is InChI=1S/C10H11NO3S/c1-3-14-10-8-6-4-5-7(2)9(8)15(12,13)11-10/h4-6H,3H2,1-2H3. The minimum absolute atomic E-state index is 0.205.